The summed E-state index contributed by atoms with van der Waals surface area (Å²) in [6, 6.07) is 9.88. The molecular formula is C21H26N4O2. The molecule has 1 aliphatic rings. The van der Waals surface area contributed by atoms with Gasteiger partial charge in [-0.25, -0.2) is 0 Å². The van der Waals surface area contributed by atoms with E-state index in [0.717, 1.165) is 56.2 Å². The molecule has 0 spiro atoms. The zero-order valence-electron chi connectivity index (χ0n) is 16.1. The third-order valence-electron chi connectivity index (χ3n) is 5.20. The maximum absolute atomic E-state index is 12.6. The maximum atomic E-state index is 12.6. The minimum atomic E-state index is 0.204. The smallest absolute Gasteiger partial charge is 0.222 e. The molecule has 6 heteroatoms. The molecule has 0 atom stereocenters. The second kappa shape index (κ2) is 8.83. The van der Waals surface area contributed by atoms with Crippen molar-refractivity contribution in [3.63, 3.8) is 0 Å². The van der Waals surface area contributed by atoms with Crippen LogP contribution >= 0.6 is 0 Å². The molecule has 0 radical (unpaired) electrons. The van der Waals surface area contributed by atoms with Crippen LogP contribution in [-0.4, -0.2) is 47.0 Å². The predicted octanol–water partition coefficient (Wildman–Crippen LogP) is 2.83. The molecule has 1 aromatic heterocycles. The molecule has 1 saturated heterocycles. The SMILES string of the molecule is Cc1noc(C)c1CCC(=O)N1CCCN(Cc2ccc(C#N)cc2)CC1. The van der Waals surface area contributed by atoms with Crippen molar-refractivity contribution in [1.29, 1.82) is 5.26 Å². The Morgan fingerprint density at radius 1 is 1.19 bits per heavy atom. The van der Waals surface area contributed by atoms with E-state index in [4.69, 9.17) is 9.78 Å². The molecule has 2 aromatic rings. The highest BCUT2D eigenvalue weighted by molar-refractivity contribution is 5.76. The average Bonchev–Trinajstić information content (AvgIpc) is 2.86. The van der Waals surface area contributed by atoms with E-state index in [-0.39, 0.29) is 5.91 Å². The molecule has 0 unspecified atom stereocenters. The van der Waals surface area contributed by atoms with Crippen LogP contribution in [0.4, 0.5) is 0 Å². The van der Waals surface area contributed by atoms with Crippen LogP contribution in [0.2, 0.25) is 0 Å². The van der Waals surface area contributed by atoms with Crippen LogP contribution in [0.3, 0.4) is 0 Å². The van der Waals surface area contributed by atoms with E-state index in [0.29, 0.717) is 18.4 Å². The molecule has 27 heavy (non-hydrogen) atoms. The van der Waals surface area contributed by atoms with Gasteiger partial charge in [0.05, 0.1) is 17.3 Å². The molecule has 0 saturated carbocycles. The third-order valence-corrected chi connectivity index (χ3v) is 5.20. The average molecular weight is 366 g/mol. The zero-order valence-corrected chi connectivity index (χ0v) is 16.1. The van der Waals surface area contributed by atoms with Crippen molar-refractivity contribution in [3.8, 4) is 6.07 Å². The van der Waals surface area contributed by atoms with Crippen molar-refractivity contribution < 1.29 is 9.32 Å². The van der Waals surface area contributed by atoms with Crippen LogP contribution < -0.4 is 0 Å². The van der Waals surface area contributed by atoms with Gasteiger partial charge in [0.1, 0.15) is 5.76 Å². The molecule has 0 aliphatic carbocycles. The lowest BCUT2D eigenvalue weighted by Crippen LogP contribution is -2.35. The molecule has 0 bridgehead atoms. The van der Waals surface area contributed by atoms with Gasteiger partial charge in [-0.3, -0.25) is 9.69 Å². The highest BCUT2D eigenvalue weighted by Crippen LogP contribution is 2.16. The minimum Gasteiger partial charge on any atom is -0.361 e. The molecule has 1 fully saturated rings. The lowest BCUT2D eigenvalue weighted by molar-refractivity contribution is -0.131. The van der Waals surface area contributed by atoms with E-state index < -0.39 is 0 Å². The van der Waals surface area contributed by atoms with Crippen molar-refractivity contribution >= 4 is 5.91 Å². The molecule has 2 heterocycles. The number of hydrogen-bond donors (Lipinski definition) is 0. The summed E-state index contributed by atoms with van der Waals surface area (Å²) in [7, 11) is 0. The summed E-state index contributed by atoms with van der Waals surface area (Å²) in [6.45, 7) is 8.09. The Morgan fingerprint density at radius 2 is 1.96 bits per heavy atom. The summed E-state index contributed by atoms with van der Waals surface area (Å²) in [6.07, 6.45) is 2.16. The fourth-order valence-corrected chi connectivity index (χ4v) is 3.57. The lowest BCUT2D eigenvalue weighted by Gasteiger charge is -2.22. The summed E-state index contributed by atoms with van der Waals surface area (Å²) in [5, 5.41) is 12.9. The van der Waals surface area contributed by atoms with E-state index in [1.807, 2.05) is 43.0 Å². The van der Waals surface area contributed by atoms with Gasteiger partial charge < -0.3 is 9.42 Å². The number of benzene rings is 1. The Hall–Kier alpha value is -2.65. The number of carbonyl (C=O) groups excluding carboxylic acids is 1. The second-order valence-corrected chi connectivity index (χ2v) is 7.12. The van der Waals surface area contributed by atoms with Gasteiger partial charge in [-0.15, -0.1) is 0 Å². The predicted molar refractivity (Wildman–Crippen MR) is 102 cm³/mol. The van der Waals surface area contributed by atoms with Crippen molar-refractivity contribution in [1.82, 2.24) is 15.0 Å². The van der Waals surface area contributed by atoms with Crippen LogP contribution in [0.5, 0.6) is 0 Å². The van der Waals surface area contributed by atoms with E-state index in [2.05, 4.69) is 16.1 Å². The van der Waals surface area contributed by atoms with E-state index in [1.54, 1.807) is 0 Å². The van der Waals surface area contributed by atoms with Gasteiger partial charge in [0, 0.05) is 44.7 Å². The fourth-order valence-electron chi connectivity index (χ4n) is 3.57. The summed E-state index contributed by atoms with van der Waals surface area (Å²) in [5.41, 5.74) is 3.82. The lowest BCUT2D eigenvalue weighted by atomic mass is 10.1. The van der Waals surface area contributed by atoms with Crippen LogP contribution in [0.1, 0.15) is 41.0 Å². The Balaban J connectivity index is 1.50. The van der Waals surface area contributed by atoms with Gasteiger partial charge in [0.25, 0.3) is 0 Å². The van der Waals surface area contributed by atoms with Gasteiger partial charge in [-0.2, -0.15) is 5.26 Å². The number of aryl methyl sites for hydroxylation is 2. The number of rotatable bonds is 5. The Labute approximate surface area is 160 Å². The normalized spacial score (nSPS) is 15.4. The number of hydrogen-bond acceptors (Lipinski definition) is 5. The van der Waals surface area contributed by atoms with Crippen LogP contribution in [0, 0.1) is 25.2 Å². The molecule has 6 nitrogen and oxygen atoms in total. The first-order valence-corrected chi connectivity index (χ1v) is 9.47. The van der Waals surface area contributed by atoms with Crippen molar-refractivity contribution in [2.24, 2.45) is 0 Å². The summed E-state index contributed by atoms with van der Waals surface area (Å²) >= 11 is 0. The topological polar surface area (TPSA) is 73.4 Å². The molecule has 142 valence electrons. The maximum Gasteiger partial charge on any atom is 0.222 e. The molecule has 3 rings (SSSR count). The van der Waals surface area contributed by atoms with E-state index in [1.165, 1.54) is 5.56 Å². The second-order valence-electron chi connectivity index (χ2n) is 7.12. The van der Waals surface area contributed by atoms with Crippen molar-refractivity contribution in [3.05, 3.63) is 52.4 Å². The molecule has 1 amide bonds. The summed E-state index contributed by atoms with van der Waals surface area (Å²) in [4.78, 5) is 17.0. The fraction of sp³-hybridized carbons (Fsp3) is 0.476. The number of carbonyl (C=O) groups is 1. The summed E-state index contributed by atoms with van der Waals surface area (Å²) < 4.78 is 5.18. The van der Waals surface area contributed by atoms with E-state index in [9.17, 15) is 4.79 Å². The summed E-state index contributed by atoms with van der Waals surface area (Å²) in [5.74, 6) is 1.01. The van der Waals surface area contributed by atoms with Gasteiger partial charge >= 0.3 is 0 Å². The number of nitrogens with zero attached hydrogens (tertiary/aromatic N) is 4. The highest BCUT2D eigenvalue weighted by atomic mass is 16.5. The van der Waals surface area contributed by atoms with Gasteiger partial charge in [0.15, 0.2) is 0 Å². The van der Waals surface area contributed by atoms with Gasteiger partial charge in [-0.05, 0) is 44.4 Å². The Bertz CT molecular complexity index is 800. The van der Waals surface area contributed by atoms with Crippen molar-refractivity contribution in [2.45, 2.75) is 39.7 Å². The molecule has 1 aliphatic heterocycles. The van der Waals surface area contributed by atoms with E-state index >= 15 is 0 Å². The number of amides is 1. The first-order chi connectivity index (χ1) is 13.1. The Kier molecular flexibility index (Phi) is 6.25. The van der Waals surface area contributed by atoms with Gasteiger partial charge in [-0.1, -0.05) is 17.3 Å². The number of nitriles is 1. The molecule has 1 aromatic carbocycles. The number of aromatic nitrogens is 1. The molecular weight excluding hydrogens is 340 g/mol. The Morgan fingerprint density at radius 3 is 2.63 bits per heavy atom. The first-order valence-electron chi connectivity index (χ1n) is 9.47. The van der Waals surface area contributed by atoms with Crippen LogP contribution in [-0.2, 0) is 17.8 Å². The zero-order chi connectivity index (χ0) is 19.2. The van der Waals surface area contributed by atoms with Crippen LogP contribution in [0.15, 0.2) is 28.8 Å². The quantitative estimate of drug-likeness (QED) is 0.813. The largest absolute Gasteiger partial charge is 0.361 e. The first kappa shape index (κ1) is 19.1. The third kappa shape index (κ3) is 4.95. The standard InChI is InChI=1S/C21H26N4O2/c1-16-20(17(2)27-23-16)8-9-21(26)25-11-3-10-24(12-13-25)15-19-6-4-18(14-22)5-7-19/h4-7H,3,8-13,15H2,1-2H3. The van der Waals surface area contributed by atoms with Gasteiger partial charge in [0.2, 0.25) is 5.91 Å². The minimum absolute atomic E-state index is 0.204. The monoisotopic (exact) mass is 366 g/mol. The highest BCUT2D eigenvalue weighted by Gasteiger charge is 2.20. The molecule has 0 N–H and O–H groups in total. The van der Waals surface area contributed by atoms with Crippen molar-refractivity contribution in [2.75, 3.05) is 26.2 Å². The van der Waals surface area contributed by atoms with Crippen LogP contribution in [0.25, 0.3) is 0 Å².